The summed E-state index contributed by atoms with van der Waals surface area (Å²) in [6, 6.07) is 3.17. The fourth-order valence-electron chi connectivity index (χ4n) is 2.12. The molecule has 1 aromatic rings. The molecule has 0 spiro atoms. The Morgan fingerprint density at radius 2 is 2.15 bits per heavy atom. The fourth-order valence-corrected chi connectivity index (χ4v) is 2.12. The van der Waals surface area contributed by atoms with E-state index in [2.05, 4.69) is 25.3 Å². The zero-order valence-corrected chi connectivity index (χ0v) is 14.8. The average Bonchev–Trinajstić information content (AvgIpc) is 3.43. The van der Waals surface area contributed by atoms with E-state index < -0.39 is 12.8 Å². The van der Waals surface area contributed by atoms with Gasteiger partial charge in [0.05, 0.1) is 0 Å². The van der Waals surface area contributed by atoms with Crippen LogP contribution in [0.3, 0.4) is 0 Å². The number of halogens is 3. The summed E-state index contributed by atoms with van der Waals surface area (Å²) in [7, 11) is 1.66. The maximum Gasteiger partial charge on any atom is 0.422 e. The minimum Gasteiger partial charge on any atom is -0.468 e. The molecule has 0 saturated heterocycles. The van der Waals surface area contributed by atoms with Crippen molar-refractivity contribution in [1.29, 1.82) is 0 Å². The van der Waals surface area contributed by atoms with Crippen LogP contribution >= 0.6 is 0 Å². The maximum absolute atomic E-state index is 12.2. The van der Waals surface area contributed by atoms with Crippen LogP contribution in [0.1, 0.15) is 24.8 Å². The molecule has 0 aromatic carbocycles. The number of nitrogens with zero attached hydrogens (tertiary/aromatic N) is 2. The van der Waals surface area contributed by atoms with Crippen LogP contribution < -0.4 is 15.4 Å². The summed E-state index contributed by atoms with van der Waals surface area (Å²) in [5.41, 5.74) is 0.743. The summed E-state index contributed by atoms with van der Waals surface area (Å²) in [5.74, 6) is 1.32. The van der Waals surface area contributed by atoms with Gasteiger partial charge in [0.2, 0.25) is 5.88 Å². The molecule has 0 amide bonds. The van der Waals surface area contributed by atoms with Crippen molar-refractivity contribution in [2.45, 2.75) is 32.0 Å². The Morgan fingerprint density at radius 1 is 1.35 bits per heavy atom. The molecular weight excluding hydrogens is 349 g/mol. The minimum absolute atomic E-state index is 0.0580. The van der Waals surface area contributed by atoms with E-state index in [0.29, 0.717) is 19.1 Å². The third kappa shape index (κ3) is 8.89. The highest BCUT2D eigenvalue weighted by atomic mass is 19.4. The van der Waals surface area contributed by atoms with Crippen LogP contribution in [0.25, 0.3) is 0 Å². The predicted molar refractivity (Wildman–Crippen MR) is 92.1 cm³/mol. The SMILES string of the molecule is CN=C(NCCCOCC1CC1)NCc1ccnc(OCC(F)(F)F)c1. The van der Waals surface area contributed by atoms with Crippen LogP contribution in [-0.2, 0) is 11.3 Å². The second kappa shape index (κ2) is 10.2. The van der Waals surface area contributed by atoms with Crippen LogP contribution in [0.2, 0.25) is 0 Å². The third-order valence-electron chi connectivity index (χ3n) is 3.67. The molecule has 1 aliphatic rings. The molecule has 0 atom stereocenters. The average molecular weight is 374 g/mol. The molecule has 1 aromatic heterocycles. The highest BCUT2D eigenvalue weighted by Crippen LogP contribution is 2.28. The summed E-state index contributed by atoms with van der Waals surface area (Å²) >= 11 is 0. The summed E-state index contributed by atoms with van der Waals surface area (Å²) in [6.45, 7) is 1.32. The van der Waals surface area contributed by atoms with Gasteiger partial charge < -0.3 is 20.1 Å². The molecule has 0 unspecified atom stereocenters. The van der Waals surface area contributed by atoms with Crippen LogP contribution in [0.4, 0.5) is 13.2 Å². The smallest absolute Gasteiger partial charge is 0.422 e. The highest BCUT2D eigenvalue weighted by molar-refractivity contribution is 5.79. The molecule has 1 aliphatic carbocycles. The Balaban J connectivity index is 1.65. The van der Waals surface area contributed by atoms with Crippen molar-refractivity contribution in [3.63, 3.8) is 0 Å². The maximum atomic E-state index is 12.2. The fraction of sp³-hybridized carbons (Fsp3) is 0.647. The quantitative estimate of drug-likeness (QED) is 0.374. The number of alkyl halides is 3. The first-order chi connectivity index (χ1) is 12.5. The summed E-state index contributed by atoms with van der Waals surface area (Å²) < 4.78 is 46.8. The van der Waals surface area contributed by atoms with Gasteiger partial charge >= 0.3 is 6.18 Å². The first-order valence-electron chi connectivity index (χ1n) is 8.63. The van der Waals surface area contributed by atoms with Crippen LogP contribution in [0.15, 0.2) is 23.3 Å². The van der Waals surface area contributed by atoms with Gasteiger partial charge in [-0.1, -0.05) is 0 Å². The van der Waals surface area contributed by atoms with Crippen LogP contribution in [0, 0.1) is 5.92 Å². The van der Waals surface area contributed by atoms with E-state index in [4.69, 9.17) is 4.74 Å². The summed E-state index contributed by atoms with van der Waals surface area (Å²) in [5, 5.41) is 6.26. The number of hydrogen-bond donors (Lipinski definition) is 2. The first kappa shape index (κ1) is 20.3. The third-order valence-corrected chi connectivity index (χ3v) is 3.67. The number of hydrogen-bond acceptors (Lipinski definition) is 4. The topological polar surface area (TPSA) is 67.8 Å². The van der Waals surface area contributed by atoms with Crippen molar-refractivity contribution in [1.82, 2.24) is 15.6 Å². The van der Waals surface area contributed by atoms with E-state index >= 15 is 0 Å². The number of nitrogens with one attached hydrogen (secondary N) is 2. The van der Waals surface area contributed by atoms with Gasteiger partial charge in [-0.05, 0) is 36.8 Å². The molecule has 1 fully saturated rings. The number of ether oxygens (including phenoxy) is 2. The molecule has 0 bridgehead atoms. The summed E-state index contributed by atoms with van der Waals surface area (Å²) in [6.07, 6.45) is 0.470. The lowest BCUT2D eigenvalue weighted by Gasteiger charge is -2.13. The lowest BCUT2D eigenvalue weighted by Crippen LogP contribution is -2.37. The Kier molecular flexibility index (Phi) is 7.96. The number of guanidine groups is 1. The molecule has 0 aliphatic heterocycles. The monoisotopic (exact) mass is 374 g/mol. The Morgan fingerprint density at radius 3 is 2.85 bits per heavy atom. The van der Waals surface area contributed by atoms with Crippen molar-refractivity contribution in [2.75, 3.05) is 33.4 Å². The van der Waals surface area contributed by atoms with E-state index in [1.165, 1.54) is 25.1 Å². The highest BCUT2D eigenvalue weighted by Gasteiger charge is 2.28. The first-order valence-corrected chi connectivity index (χ1v) is 8.63. The molecule has 0 radical (unpaired) electrons. The van der Waals surface area contributed by atoms with Crippen LogP contribution in [0.5, 0.6) is 5.88 Å². The second-order valence-electron chi connectivity index (χ2n) is 6.13. The van der Waals surface area contributed by atoms with Gasteiger partial charge in [0.25, 0.3) is 0 Å². The molecule has 1 saturated carbocycles. The van der Waals surface area contributed by atoms with Gasteiger partial charge in [-0.2, -0.15) is 13.2 Å². The van der Waals surface area contributed by atoms with E-state index in [0.717, 1.165) is 31.1 Å². The lowest BCUT2D eigenvalue weighted by molar-refractivity contribution is -0.154. The van der Waals surface area contributed by atoms with Gasteiger partial charge in [0, 0.05) is 45.6 Å². The second-order valence-corrected chi connectivity index (χ2v) is 6.13. The van der Waals surface area contributed by atoms with Crippen molar-refractivity contribution in [3.05, 3.63) is 23.9 Å². The van der Waals surface area contributed by atoms with E-state index in [1.807, 2.05) is 0 Å². The zero-order valence-electron chi connectivity index (χ0n) is 14.8. The zero-order chi connectivity index (χ0) is 18.8. The van der Waals surface area contributed by atoms with Gasteiger partial charge in [-0.25, -0.2) is 4.98 Å². The van der Waals surface area contributed by atoms with E-state index in [9.17, 15) is 13.2 Å². The van der Waals surface area contributed by atoms with E-state index in [1.54, 1.807) is 13.1 Å². The normalized spacial score (nSPS) is 15.0. The van der Waals surface area contributed by atoms with Gasteiger partial charge in [-0.15, -0.1) is 0 Å². The van der Waals surface area contributed by atoms with Crippen molar-refractivity contribution < 1.29 is 22.6 Å². The molecule has 146 valence electrons. The van der Waals surface area contributed by atoms with Crippen molar-refractivity contribution in [3.8, 4) is 5.88 Å². The molecule has 6 nitrogen and oxygen atoms in total. The minimum atomic E-state index is -4.38. The number of pyridine rings is 1. The Bertz CT molecular complexity index is 577. The number of aliphatic imine (C=N–C) groups is 1. The van der Waals surface area contributed by atoms with Gasteiger partial charge in [0.1, 0.15) is 0 Å². The lowest BCUT2D eigenvalue weighted by atomic mass is 10.2. The molecule has 2 rings (SSSR count). The van der Waals surface area contributed by atoms with Crippen LogP contribution in [-0.4, -0.2) is 50.5 Å². The predicted octanol–water partition coefficient (Wildman–Crippen LogP) is 2.50. The Labute approximate surface area is 151 Å². The van der Waals surface area contributed by atoms with Crippen molar-refractivity contribution >= 4 is 5.96 Å². The van der Waals surface area contributed by atoms with Crippen molar-refractivity contribution in [2.24, 2.45) is 10.9 Å². The standard InChI is InChI=1S/C17H25F3N4O2/c1-21-16(23-6-2-8-25-11-13-3-4-13)24-10-14-5-7-22-15(9-14)26-12-17(18,19)20/h5,7,9,13H,2-4,6,8,10-12H2,1H3,(H2,21,23,24). The van der Waals surface area contributed by atoms with E-state index in [-0.39, 0.29) is 5.88 Å². The summed E-state index contributed by atoms with van der Waals surface area (Å²) in [4.78, 5) is 7.88. The number of rotatable bonds is 10. The van der Waals surface area contributed by atoms with Gasteiger partial charge in [-0.3, -0.25) is 4.99 Å². The largest absolute Gasteiger partial charge is 0.468 e. The molecule has 9 heteroatoms. The molecule has 1 heterocycles. The molecule has 2 N–H and O–H groups in total. The Hall–Kier alpha value is -2.03. The molecule has 26 heavy (non-hydrogen) atoms. The molecular formula is C17H25F3N4O2. The number of aromatic nitrogens is 1. The van der Waals surface area contributed by atoms with Gasteiger partial charge in [0.15, 0.2) is 12.6 Å².